The van der Waals surface area contributed by atoms with Crippen molar-refractivity contribution < 1.29 is 18.8 Å². The number of carbonyl (C=O) groups is 2. The summed E-state index contributed by atoms with van der Waals surface area (Å²) in [5.41, 5.74) is -0.708. The maximum absolute atomic E-state index is 12.9. The van der Waals surface area contributed by atoms with Gasteiger partial charge < -0.3 is 14.6 Å². The minimum absolute atomic E-state index is 0.0692. The smallest absolute Gasteiger partial charge is 0.235 e. The molecule has 2 bridgehead atoms. The second-order valence-electron chi connectivity index (χ2n) is 6.90. The van der Waals surface area contributed by atoms with E-state index in [2.05, 4.69) is 10.5 Å². The number of ether oxygens (including phenoxy) is 1. The van der Waals surface area contributed by atoms with Crippen LogP contribution >= 0.6 is 0 Å². The first-order chi connectivity index (χ1) is 11.1. The first-order valence-electron chi connectivity index (χ1n) is 8.00. The van der Waals surface area contributed by atoms with Gasteiger partial charge in [0.05, 0.1) is 24.5 Å². The number of carbonyl (C=O) groups excluding carboxylic acids is 2. The summed E-state index contributed by atoms with van der Waals surface area (Å²) in [5, 5.41) is 6.94. The van der Waals surface area contributed by atoms with Crippen molar-refractivity contribution in [3.63, 3.8) is 0 Å². The third kappa shape index (κ3) is 1.77. The van der Waals surface area contributed by atoms with Crippen molar-refractivity contribution >= 4 is 17.6 Å². The highest BCUT2D eigenvalue weighted by Crippen LogP contribution is 2.52. The summed E-state index contributed by atoms with van der Waals surface area (Å²) < 4.78 is 11.1. The molecule has 1 saturated carbocycles. The fourth-order valence-electron chi connectivity index (χ4n) is 4.00. The Morgan fingerprint density at radius 1 is 1.48 bits per heavy atom. The summed E-state index contributed by atoms with van der Waals surface area (Å²) in [6.07, 6.45) is 5.60. The number of aromatic nitrogens is 1. The molecule has 2 saturated heterocycles. The molecule has 4 atom stereocenters. The Bertz CT molecular complexity index is 737. The van der Waals surface area contributed by atoms with Crippen LogP contribution in [0.25, 0.3) is 0 Å². The molecule has 0 unspecified atom stereocenters. The number of nitrogens with zero attached hydrogens (tertiary/aromatic N) is 2. The van der Waals surface area contributed by atoms with Gasteiger partial charge in [-0.1, -0.05) is 17.3 Å². The number of amides is 2. The lowest BCUT2D eigenvalue weighted by Gasteiger charge is -2.23. The highest BCUT2D eigenvalue weighted by Gasteiger charge is 2.67. The van der Waals surface area contributed by atoms with Crippen molar-refractivity contribution in [2.24, 2.45) is 11.8 Å². The van der Waals surface area contributed by atoms with Gasteiger partial charge in [0, 0.05) is 12.1 Å². The highest BCUT2D eigenvalue weighted by atomic mass is 16.5. The summed E-state index contributed by atoms with van der Waals surface area (Å²) in [4.78, 5) is 27.1. The minimum Gasteiger partial charge on any atom is -0.360 e. The molecule has 1 aromatic heterocycles. The van der Waals surface area contributed by atoms with E-state index in [1.54, 1.807) is 17.9 Å². The zero-order valence-corrected chi connectivity index (χ0v) is 12.7. The average molecular weight is 315 g/mol. The van der Waals surface area contributed by atoms with Gasteiger partial charge in [0.25, 0.3) is 0 Å². The first-order valence-corrected chi connectivity index (χ1v) is 8.00. The molecule has 4 aliphatic rings. The van der Waals surface area contributed by atoms with Crippen molar-refractivity contribution in [1.29, 1.82) is 0 Å². The Labute approximate surface area is 132 Å². The number of anilines is 1. The maximum Gasteiger partial charge on any atom is 0.235 e. The summed E-state index contributed by atoms with van der Waals surface area (Å²) in [7, 11) is 0. The van der Waals surface area contributed by atoms with Crippen LogP contribution < -0.4 is 10.2 Å². The summed E-state index contributed by atoms with van der Waals surface area (Å²) in [6, 6.07) is 2.00. The van der Waals surface area contributed by atoms with E-state index in [1.807, 2.05) is 12.2 Å². The van der Waals surface area contributed by atoms with Crippen molar-refractivity contribution in [2.45, 2.75) is 37.5 Å². The highest BCUT2D eigenvalue weighted by molar-refractivity contribution is 6.02. The summed E-state index contributed by atoms with van der Waals surface area (Å²) in [5.74, 6) is 0.0185. The van der Waals surface area contributed by atoms with Crippen LogP contribution in [0.5, 0.6) is 0 Å². The third-order valence-electron chi connectivity index (χ3n) is 5.22. The standard InChI is InChI=1S/C16H17N3O4/c1-8-6-11(18-23-8)19-7-16-5-4-10(22-16)12(13(16)15(19)21)14(20)17-9-2-3-9/h4-6,9-10,12-13H,2-3,7H2,1H3,(H,17,20)/t10-,12-,13-,16-/m1/s1. The zero-order chi connectivity index (χ0) is 15.8. The maximum atomic E-state index is 12.9. The van der Waals surface area contributed by atoms with Crippen molar-refractivity contribution in [1.82, 2.24) is 10.5 Å². The van der Waals surface area contributed by atoms with Crippen LogP contribution in [0.4, 0.5) is 5.82 Å². The zero-order valence-electron chi connectivity index (χ0n) is 12.7. The number of aryl methyl sites for hydroxylation is 1. The van der Waals surface area contributed by atoms with Gasteiger partial charge in [-0.3, -0.25) is 14.5 Å². The van der Waals surface area contributed by atoms with Gasteiger partial charge in [-0.15, -0.1) is 0 Å². The van der Waals surface area contributed by atoms with Crippen LogP contribution in [0.15, 0.2) is 22.7 Å². The number of nitrogens with one attached hydrogen (secondary N) is 1. The normalized spacial score (nSPS) is 37.5. The van der Waals surface area contributed by atoms with Crippen LogP contribution in [-0.4, -0.2) is 41.3 Å². The fourth-order valence-corrected chi connectivity index (χ4v) is 4.00. The van der Waals surface area contributed by atoms with E-state index in [-0.39, 0.29) is 24.0 Å². The number of rotatable bonds is 3. The van der Waals surface area contributed by atoms with Crippen molar-refractivity contribution in [3.8, 4) is 0 Å². The van der Waals surface area contributed by atoms with E-state index >= 15 is 0 Å². The number of hydrogen-bond donors (Lipinski definition) is 1. The lowest BCUT2D eigenvalue weighted by Crippen LogP contribution is -2.44. The predicted molar refractivity (Wildman–Crippen MR) is 78.5 cm³/mol. The molecule has 5 rings (SSSR count). The van der Waals surface area contributed by atoms with E-state index in [1.165, 1.54) is 0 Å². The molecule has 7 heteroatoms. The Kier molecular flexibility index (Phi) is 2.44. The van der Waals surface area contributed by atoms with Gasteiger partial charge in [0.15, 0.2) is 5.82 Å². The van der Waals surface area contributed by atoms with Gasteiger partial charge in [-0.25, -0.2) is 0 Å². The van der Waals surface area contributed by atoms with Gasteiger partial charge >= 0.3 is 0 Å². The van der Waals surface area contributed by atoms with Crippen LogP contribution in [-0.2, 0) is 14.3 Å². The Morgan fingerprint density at radius 2 is 2.30 bits per heavy atom. The second kappa shape index (κ2) is 4.23. The van der Waals surface area contributed by atoms with E-state index in [0.717, 1.165) is 12.8 Å². The van der Waals surface area contributed by atoms with Gasteiger partial charge in [-0.05, 0) is 19.8 Å². The Morgan fingerprint density at radius 3 is 3.00 bits per heavy atom. The monoisotopic (exact) mass is 315 g/mol. The summed E-state index contributed by atoms with van der Waals surface area (Å²) in [6.45, 7) is 2.16. The molecule has 0 radical (unpaired) electrons. The molecule has 3 aliphatic heterocycles. The van der Waals surface area contributed by atoms with Crippen LogP contribution in [0.1, 0.15) is 18.6 Å². The molecule has 0 aromatic carbocycles. The molecule has 4 heterocycles. The summed E-state index contributed by atoms with van der Waals surface area (Å²) >= 11 is 0. The Balaban J connectivity index is 1.48. The quantitative estimate of drug-likeness (QED) is 0.823. The number of fused-ring (bicyclic) bond motifs is 1. The second-order valence-corrected chi connectivity index (χ2v) is 6.90. The first kappa shape index (κ1) is 13.3. The van der Waals surface area contributed by atoms with Gasteiger partial charge in [0.2, 0.25) is 11.8 Å². The van der Waals surface area contributed by atoms with Crippen molar-refractivity contribution in [2.75, 3.05) is 11.4 Å². The number of hydrogen-bond acceptors (Lipinski definition) is 5. The molecular weight excluding hydrogens is 298 g/mol. The molecule has 23 heavy (non-hydrogen) atoms. The molecule has 1 aliphatic carbocycles. The van der Waals surface area contributed by atoms with Crippen molar-refractivity contribution in [3.05, 3.63) is 24.0 Å². The molecule has 3 fully saturated rings. The topological polar surface area (TPSA) is 84.7 Å². The molecule has 1 N–H and O–H groups in total. The molecule has 1 aromatic rings. The largest absolute Gasteiger partial charge is 0.360 e. The fraction of sp³-hybridized carbons (Fsp3) is 0.562. The van der Waals surface area contributed by atoms with Crippen LogP contribution in [0.3, 0.4) is 0 Å². The third-order valence-corrected chi connectivity index (χ3v) is 5.22. The molecular formula is C16H17N3O4. The van der Waals surface area contributed by atoms with E-state index in [9.17, 15) is 9.59 Å². The van der Waals surface area contributed by atoms with E-state index in [4.69, 9.17) is 9.26 Å². The average Bonchev–Trinajstić information content (AvgIpc) is 2.87. The molecule has 7 nitrogen and oxygen atoms in total. The van der Waals surface area contributed by atoms with E-state index < -0.39 is 17.4 Å². The van der Waals surface area contributed by atoms with Gasteiger partial charge in [0.1, 0.15) is 11.4 Å². The minimum atomic E-state index is -0.708. The van der Waals surface area contributed by atoms with Gasteiger partial charge in [-0.2, -0.15) is 0 Å². The molecule has 120 valence electrons. The predicted octanol–water partition coefficient (Wildman–Crippen LogP) is 0.548. The Hall–Kier alpha value is -2.15. The van der Waals surface area contributed by atoms with Crippen LogP contribution in [0, 0.1) is 18.8 Å². The lowest BCUT2D eigenvalue weighted by atomic mass is 9.77. The van der Waals surface area contributed by atoms with E-state index in [0.29, 0.717) is 18.1 Å². The lowest BCUT2D eigenvalue weighted by molar-refractivity contribution is -0.132. The SMILES string of the molecule is Cc1cc(N2C[C@@]34C=C[C@@H](O3)[C@@H](C(=O)NC3CC3)[C@@H]4C2=O)no1. The molecule has 1 spiro atoms. The van der Waals surface area contributed by atoms with Crippen LogP contribution in [0.2, 0.25) is 0 Å². The molecule has 2 amide bonds.